The number of piperidine rings is 1. The van der Waals surface area contributed by atoms with Crippen LogP contribution in [-0.2, 0) is 10.2 Å². The molecule has 19 heavy (non-hydrogen) atoms. The lowest BCUT2D eigenvalue weighted by Gasteiger charge is -2.38. The number of hydrogen-bond donors (Lipinski definition) is 1. The fraction of sp³-hybridized carbons (Fsp3) is 0.667. The number of nitrogens with two attached hydrogens (primary N) is 1. The Morgan fingerprint density at radius 2 is 2.32 bits per heavy atom. The Morgan fingerprint density at radius 3 is 2.89 bits per heavy atom. The third-order valence-electron chi connectivity index (χ3n) is 4.16. The van der Waals surface area contributed by atoms with Gasteiger partial charge in [0.2, 0.25) is 5.91 Å². The van der Waals surface area contributed by atoms with E-state index in [1.54, 1.807) is 11.3 Å². The monoisotopic (exact) mass is 280 g/mol. The third kappa shape index (κ3) is 3.00. The highest BCUT2D eigenvalue weighted by atomic mass is 32.1. The van der Waals surface area contributed by atoms with Crippen LogP contribution in [0.4, 0.5) is 0 Å². The van der Waals surface area contributed by atoms with Gasteiger partial charge in [0.25, 0.3) is 0 Å². The molecule has 0 spiro atoms. The van der Waals surface area contributed by atoms with Gasteiger partial charge in [-0.25, -0.2) is 0 Å². The number of nitrogens with zero attached hydrogens (tertiary/aromatic N) is 1. The molecule has 2 unspecified atom stereocenters. The maximum atomic E-state index is 12.8. The molecule has 0 aliphatic carbocycles. The normalized spacial score (nSPS) is 22.3. The highest BCUT2D eigenvalue weighted by Gasteiger charge is 2.37. The number of carbonyl (C=O) groups is 1. The summed E-state index contributed by atoms with van der Waals surface area (Å²) in [5, 5.41) is 2.03. The molecule has 0 aromatic carbocycles. The van der Waals surface area contributed by atoms with Crippen molar-refractivity contribution in [1.82, 2.24) is 4.90 Å². The Labute approximate surface area is 119 Å². The lowest BCUT2D eigenvalue weighted by atomic mass is 9.86. The van der Waals surface area contributed by atoms with Crippen molar-refractivity contribution in [2.75, 3.05) is 13.1 Å². The number of rotatable bonds is 3. The summed E-state index contributed by atoms with van der Waals surface area (Å²) in [6, 6.07) is 4.23. The van der Waals surface area contributed by atoms with Gasteiger partial charge in [-0.3, -0.25) is 4.79 Å². The standard InChI is InChI=1S/C15H24N2OS/c1-11(16)12-6-4-8-17(10-12)14(18)15(2,3)13-7-5-9-19-13/h5,7,9,11-12H,4,6,8,10,16H2,1-3H3. The zero-order valence-electron chi connectivity index (χ0n) is 12.1. The van der Waals surface area contributed by atoms with E-state index < -0.39 is 5.41 Å². The van der Waals surface area contributed by atoms with Gasteiger partial charge in [0.1, 0.15) is 0 Å². The Morgan fingerprint density at radius 1 is 1.58 bits per heavy atom. The van der Waals surface area contributed by atoms with E-state index in [9.17, 15) is 4.79 Å². The number of likely N-dealkylation sites (tertiary alicyclic amines) is 1. The summed E-state index contributed by atoms with van der Waals surface area (Å²) in [6.45, 7) is 7.78. The Hall–Kier alpha value is -0.870. The van der Waals surface area contributed by atoms with E-state index >= 15 is 0 Å². The molecule has 2 N–H and O–H groups in total. The molecule has 3 nitrogen and oxygen atoms in total. The molecular weight excluding hydrogens is 256 g/mol. The van der Waals surface area contributed by atoms with Gasteiger partial charge in [-0.05, 0) is 51.0 Å². The largest absolute Gasteiger partial charge is 0.342 e. The number of hydrogen-bond acceptors (Lipinski definition) is 3. The molecule has 2 heterocycles. The van der Waals surface area contributed by atoms with Crippen LogP contribution >= 0.6 is 11.3 Å². The molecule has 0 bridgehead atoms. The summed E-state index contributed by atoms with van der Waals surface area (Å²) in [6.07, 6.45) is 2.21. The molecule has 0 radical (unpaired) electrons. The Kier molecular flexibility index (Phi) is 4.31. The van der Waals surface area contributed by atoms with Crippen LogP contribution in [0.3, 0.4) is 0 Å². The lowest BCUT2D eigenvalue weighted by molar-refractivity contribution is -0.138. The first-order valence-electron chi connectivity index (χ1n) is 7.02. The van der Waals surface area contributed by atoms with Crippen molar-refractivity contribution in [2.24, 2.45) is 11.7 Å². The van der Waals surface area contributed by atoms with Crippen molar-refractivity contribution >= 4 is 17.2 Å². The average Bonchev–Trinajstić information content (AvgIpc) is 2.92. The van der Waals surface area contributed by atoms with Crippen LogP contribution in [0.1, 0.15) is 38.5 Å². The summed E-state index contributed by atoms with van der Waals surface area (Å²) in [7, 11) is 0. The van der Waals surface area contributed by atoms with Crippen molar-refractivity contribution < 1.29 is 4.79 Å². The van der Waals surface area contributed by atoms with Gasteiger partial charge in [0, 0.05) is 24.0 Å². The van der Waals surface area contributed by atoms with Crippen LogP contribution in [0.5, 0.6) is 0 Å². The van der Waals surface area contributed by atoms with Gasteiger partial charge in [0.15, 0.2) is 0 Å². The zero-order chi connectivity index (χ0) is 14.0. The maximum absolute atomic E-state index is 12.8. The smallest absolute Gasteiger partial charge is 0.233 e. The zero-order valence-corrected chi connectivity index (χ0v) is 12.9. The lowest BCUT2D eigenvalue weighted by Crippen LogP contribution is -2.50. The second-order valence-electron chi connectivity index (χ2n) is 6.11. The molecule has 1 aliphatic heterocycles. The highest BCUT2D eigenvalue weighted by Crippen LogP contribution is 2.31. The summed E-state index contributed by atoms with van der Waals surface area (Å²) in [5.41, 5.74) is 5.57. The molecule has 1 aromatic heterocycles. The first-order chi connectivity index (χ1) is 8.93. The molecule has 2 rings (SSSR count). The minimum Gasteiger partial charge on any atom is -0.342 e. The topological polar surface area (TPSA) is 46.3 Å². The summed E-state index contributed by atoms with van der Waals surface area (Å²) < 4.78 is 0. The van der Waals surface area contributed by atoms with Crippen molar-refractivity contribution in [3.63, 3.8) is 0 Å². The number of amides is 1. The molecule has 106 valence electrons. The predicted molar refractivity (Wildman–Crippen MR) is 80.3 cm³/mol. The van der Waals surface area contributed by atoms with Crippen LogP contribution in [0, 0.1) is 5.92 Å². The quantitative estimate of drug-likeness (QED) is 0.925. The van der Waals surface area contributed by atoms with Crippen LogP contribution in [0.25, 0.3) is 0 Å². The van der Waals surface area contributed by atoms with Crippen LogP contribution in [-0.4, -0.2) is 29.9 Å². The second kappa shape index (κ2) is 5.63. The molecule has 1 fully saturated rings. The molecule has 1 saturated heterocycles. The first-order valence-corrected chi connectivity index (χ1v) is 7.90. The minimum atomic E-state index is -0.423. The first kappa shape index (κ1) is 14.5. The van der Waals surface area contributed by atoms with Gasteiger partial charge >= 0.3 is 0 Å². The summed E-state index contributed by atoms with van der Waals surface area (Å²) >= 11 is 1.66. The predicted octanol–water partition coefficient (Wildman–Crippen LogP) is 2.61. The van der Waals surface area contributed by atoms with E-state index in [1.807, 2.05) is 37.1 Å². The molecule has 1 amide bonds. The van der Waals surface area contributed by atoms with Crippen molar-refractivity contribution in [3.8, 4) is 0 Å². The molecule has 2 atom stereocenters. The van der Waals surface area contributed by atoms with Crippen LogP contribution in [0.2, 0.25) is 0 Å². The van der Waals surface area contributed by atoms with Gasteiger partial charge in [0.05, 0.1) is 5.41 Å². The van der Waals surface area contributed by atoms with Crippen molar-refractivity contribution in [3.05, 3.63) is 22.4 Å². The van der Waals surface area contributed by atoms with Gasteiger partial charge in [-0.15, -0.1) is 11.3 Å². The SMILES string of the molecule is CC(N)C1CCCN(C(=O)C(C)(C)c2cccs2)C1. The van der Waals surface area contributed by atoms with Gasteiger partial charge in [-0.2, -0.15) is 0 Å². The molecular formula is C15H24N2OS. The van der Waals surface area contributed by atoms with E-state index in [4.69, 9.17) is 5.73 Å². The molecule has 0 saturated carbocycles. The van der Waals surface area contributed by atoms with E-state index in [2.05, 4.69) is 6.07 Å². The molecule has 1 aromatic rings. The number of thiophene rings is 1. The second-order valence-corrected chi connectivity index (χ2v) is 7.06. The summed E-state index contributed by atoms with van der Waals surface area (Å²) in [4.78, 5) is 15.9. The van der Waals surface area contributed by atoms with Crippen molar-refractivity contribution in [2.45, 2.75) is 45.1 Å². The van der Waals surface area contributed by atoms with E-state index in [0.717, 1.165) is 30.8 Å². The maximum Gasteiger partial charge on any atom is 0.233 e. The van der Waals surface area contributed by atoms with E-state index in [1.165, 1.54) is 0 Å². The average molecular weight is 280 g/mol. The molecule has 4 heteroatoms. The Balaban J connectivity index is 2.11. The third-order valence-corrected chi connectivity index (χ3v) is 5.35. The minimum absolute atomic E-state index is 0.167. The fourth-order valence-corrected chi connectivity index (χ4v) is 3.60. The van der Waals surface area contributed by atoms with Gasteiger partial charge < -0.3 is 10.6 Å². The summed E-state index contributed by atoms with van der Waals surface area (Å²) in [5.74, 6) is 0.678. The molecule has 1 aliphatic rings. The van der Waals surface area contributed by atoms with Crippen LogP contribution < -0.4 is 5.73 Å². The van der Waals surface area contributed by atoms with E-state index in [-0.39, 0.29) is 11.9 Å². The highest BCUT2D eigenvalue weighted by molar-refractivity contribution is 7.10. The fourth-order valence-electron chi connectivity index (χ4n) is 2.76. The van der Waals surface area contributed by atoms with Gasteiger partial charge in [-0.1, -0.05) is 6.07 Å². The van der Waals surface area contributed by atoms with Crippen molar-refractivity contribution in [1.29, 1.82) is 0 Å². The van der Waals surface area contributed by atoms with Crippen LogP contribution in [0.15, 0.2) is 17.5 Å². The Bertz CT molecular complexity index is 425. The number of carbonyl (C=O) groups excluding carboxylic acids is 1. The van der Waals surface area contributed by atoms with E-state index in [0.29, 0.717) is 5.92 Å².